The fourth-order valence-corrected chi connectivity index (χ4v) is 3.82. The lowest BCUT2D eigenvalue weighted by Crippen LogP contribution is -2.39. The summed E-state index contributed by atoms with van der Waals surface area (Å²) in [4.78, 5) is 0. The summed E-state index contributed by atoms with van der Waals surface area (Å²) >= 11 is 1.96. The van der Waals surface area contributed by atoms with Gasteiger partial charge in [0.1, 0.15) is 11.6 Å². The normalized spacial score (nSPS) is 17.9. The second-order valence-corrected chi connectivity index (χ2v) is 6.78. The van der Waals surface area contributed by atoms with Crippen molar-refractivity contribution in [3.8, 4) is 5.75 Å². The lowest BCUT2D eigenvalue weighted by atomic mass is 9.88. The van der Waals surface area contributed by atoms with E-state index in [2.05, 4.69) is 11.6 Å². The zero-order chi connectivity index (χ0) is 14.4. The highest BCUT2D eigenvalue weighted by Gasteiger charge is 2.30. The summed E-state index contributed by atoms with van der Waals surface area (Å²) < 4.78 is 19.2. The van der Waals surface area contributed by atoms with Crippen LogP contribution in [0.5, 0.6) is 5.75 Å². The molecule has 0 amide bonds. The van der Waals surface area contributed by atoms with Crippen LogP contribution in [0.15, 0.2) is 18.2 Å². The molecule has 1 saturated carbocycles. The van der Waals surface area contributed by atoms with Crippen molar-refractivity contribution in [2.24, 2.45) is 0 Å². The second-order valence-electron chi connectivity index (χ2n) is 5.51. The molecule has 0 spiro atoms. The Labute approximate surface area is 125 Å². The van der Waals surface area contributed by atoms with Crippen molar-refractivity contribution in [1.82, 2.24) is 5.32 Å². The molecule has 20 heavy (non-hydrogen) atoms. The SMILES string of the molecule is COc1ccc(CNCC2(SC)CCCCC2)c(F)c1. The van der Waals surface area contributed by atoms with Gasteiger partial charge in [0.2, 0.25) is 0 Å². The van der Waals surface area contributed by atoms with Gasteiger partial charge < -0.3 is 10.1 Å². The summed E-state index contributed by atoms with van der Waals surface area (Å²) in [5.41, 5.74) is 0.706. The standard InChI is InChI=1S/C16H24FNOS/c1-19-14-7-6-13(15(17)10-14)11-18-12-16(20-2)8-4-3-5-9-16/h6-7,10,18H,3-5,8-9,11-12H2,1-2H3. The molecule has 1 aliphatic carbocycles. The van der Waals surface area contributed by atoms with Crippen LogP contribution in [-0.2, 0) is 6.54 Å². The molecule has 2 nitrogen and oxygen atoms in total. The van der Waals surface area contributed by atoms with E-state index in [1.54, 1.807) is 13.2 Å². The molecule has 1 fully saturated rings. The van der Waals surface area contributed by atoms with Crippen molar-refractivity contribution in [3.05, 3.63) is 29.6 Å². The minimum atomic E-state index is -0.196. The molecule has 0 aliphatic heterocycles. The van der Waals surface area contributed by atoms with E-state index in [1.807, 2.05) is 17.8 Å². The molecule has 112 valence electrons. The molecule has 1 aromatic rings. The first-order valence-corrected chi connectivity index (χ1v) is 8.50. The van der Waals surface area contributed by atoms with Crippen molar-refractivity contribution < 1.29 is 9.13 Å². The van der Waals surface area contributed by atoms with Gasteiger partial charge in [-0.3, -0.25) is 0 Å². The van der Waals surface area contributed by atoms with Crippen molar-refractivity contribution in [2.75, 3.05) is 19.9 Å². The Kier molecular flexibility index (Phi) is 5.73. The Morgan fingerprint density at radius 3 is 2.65 bits per heavy atom. The maximum Gasteiger partial charge on any atom is 0.131 e. The van der Waals surface area contributed by atoms with Gasteiger partial charge >= 0.3 is 0 Å². The molecule has 0 saturated heterocycles. The highest BCUT2D eigenvalue weighted by Crippen LogP contribution is 2.38. The van der Waals surface area contributed by atoms with Gasteiger partial charge in [-0.05, 0) is 25.2 Å². The van der Waals surface area contributed by atoms with Crippen molar-refractivity contribution >= 4 is 11.8 Å². The maximum absolute atomic E-state index is 13.9. The molecule has 0 aromatic heterocycles. The summed E-state index contributed by atoms with van der Waals surface area (Å²) in [6, 6.07) is 5.06. The van der Waals surface area contributed by atoms with E-state index in [0.29, 0.717) is 22.6 Å². The quantitative estimate of drug-likeness (QED) is 0.858. The number of benzene rings is 1. The fourth-order valence-electron chi connectivity index (χ4n) is 2.87. The Morgan fingerprint density at radius 2 is 2.05 bits per heavy atom. The minimum absolute atomic E-state index is 0.196. The smallest absolute Gasteiger partial charge is 0.131 e. The minimum Gasteiger partial charge on any atom is -0.497 e. The third-order valence-corrected chi connectivity index (χ3v) is 5.64. The first-order chi connectivity index (χ1) is 9.69. The van der Waals surface area contributed by atoms with E-state index in [9.17, 15) is 4.39 Å². The average molecular weight is 297 g/mol. The first kappa shape index (κ1) is 15.6. The zero-order valence-electron chi connectivity index (χ0n) is 12.4. The molecular formula is C16H24FNOS. The molecule has 0 heterocycles. The van der Waals surface area contributed by atoms with Crippen LogP contribution >= 0.6 is 11.8 Å². The van der Waals surface area contributed by atoms with Crippen molar-refractivity contribution in [2.45, 2.75) is 43.4 Å². The van der Waals surface area contributed by atoms with E-state index >= 15 is 0 Å². The van der Waals surface area contributed by atoms with Crippen LogP contribution in [0.3, 0.4) is 0 Å². The summed E-state index contributed by atoms with van der Waals surface area (Å²) in [5, 5.41) is 3.44. The highest BCUT2D eigenvalue weighted by atomic mass is 32.2. The molecular weight excluding hydrogens is 273 g/mol. The van der Waals surface area contributed by atoms with Crippen LogP contribution in [0.1, 0.15) is 37.7 Å². The molecule has 0 unspecified atom stereocenters. The predicted octanol–water partition coefficient (Wildman–Crippen LogP) is 3.99. The number of hydrogen-bond donors (Lipinski definition) is 1. The number of ether oxygens (including phenoxy) is 1. The van der Waals surface area contributed by atoms with Crippen molar-refractivity contribution in [3.63, 3.8) is 0 Å². The molecule has 0 bridgehead atoms. The van der Waals surface area contributed by atoms with Crippen molar-refractivity contribution in [1.29, 1.82) is 0 Å². The van der Waals surface area contributed by atoms with Crippen LogP contribution in [-0.4, -0.2) is 24.7 Å². The van der Waals surface area contributed by atoms with E-state index in [4.69, 9.17) is 4.74 Å². The van der Waals surface area contributed by atoms with E-state index in [0.717, 1.165) is 6.54 Å². The number of nitrogens with one attached hydrogen (secondary N) is 1. The van der Waals surface area contributed by atoms with Gasteiger partial charge in [0, 0.05) is 29.5 Å². The van der Waals surface area contributed by atoms with Gasteiger partial charge in [0.15, 0.2) is 0 Å². The molecule has 0 radical (unpaired) electrons. The van der Waals surface area contributed by atoms with E-state index in [1.165, 1.54) is 38.2 Å². The van der Waals surface area contributed by atoms with Crippen LogP contribution in [0, 0.1) is 5.82 Å². The van der Waals surface area contributed by atoms with Gasteiger partial charge in [-0.2, -0.15) is 11.8 Å². The Balaban J connectivity index is 1.88. The largest absolute Gasteiger partial charge is 0.497 e. The summed E-state index contributed by atoms with van der Waals surface area (Å²) in [7, 11) is 1.55. The second kappa shape index (κ2) is 7.32. The van der Waals surface area contributed by atoms with Crippen LogP contribution in [0.2, 0.25) is 0 Å². The topological polar surface area (TPSA) is 21.3 Å². The van der Waals surface area contributed by atoms with Gasteiger partial charge in [-0.25, -0.2) is 4.39 Å². The van der Waals surface area contributed by atoms with E-state index < -0.39 is 0 Å². The Hall–Kier alpha value is -0.740. The number of hydrogen-bond acceptors (Lipinski definition) is 3. The van der Waals surface area contributed by atoms with Crippen LogP contribution in [0.4, 0.5) is 4.39 Å². The fraction of sp³-hybridized carbons (Fsp3) is 0.625. The lowest BCUT2D eigenvalue weighted by Gasteiger charge is -2.36. The first-order valence-electron chi connectivity index (χ1n) is 7.27. The number of halogens is 1. The highest BCUT2D eigenvalue weighted by molar-refractivity contribution is 8.00. The van der Waals surface area contributed by atoms with Gasteiger partial charge in [-0.15, -0.1) is 0 Å². The molecule has 1 N–H and O–H groups in total. The van der Waals surface area contributed by atoms with Gasteiger partial charge in [0.25, 0.3) is 0 Å². The molecule has 1 aliphatic rings. The maximum atomic E-state index is 13.9. The predicted molar refractivity (Wildman–Crippen MR) is 84.0 cm³/mol. The Morgan fingerprint density at radius 1 is 1.30 bits per heavy atom. The number of rotatable bonds is 6. The third-order valence-electron chi connectivity index (χ3n) is 4.22. The molecule has 2 rings (SSSR count). The number of thioether (sulfide) groups is 1. The van der Waals surface area contributed by atoms with Crippen LogP contribution in [0.25, 0.3) is 0 Å². The summed E-state index contributed by atoms with van der Waals surface area (Å²) in [6.45, 7) is 1.54. The zero-order valence-corrected chi connectivity index (χ0v) is 13.2. The molecule has 0 atom stereocenters. The summed E-state index contributed by atoms with van der Waals surface area (Å²) in [5.74, 6) is 0.373. The monoisotopic (exact) mass is 297 g/mol. The van der Waals surface area contributed by atoms with Gasteiger partial charge in [-0.1, -0.05) is 25.3 Å². The average Bonchev–Trinajstić information content (AvgIpc) is 2.50. The summed E-state index contributed by atoms with van der Waals surface area (Å²) in [6.07, 6.45) is 8.73. The van der Waals surface area contributed by atoms with E-state index in [-0.39, 0.29) is 5.82 Å². The van der Waals surface area contributed by atoms with Gasteiger partial charge in [0.05, 0.1) is 7.11 Å². The molecule has 1 aromatic carbocycles. The lowest BCUT2D eigenvalue weighted by molar-refractivity contribution is 0.378. The number of methoxy groups -OCH3 is 1. The molecule has 4 heteroatoms. The third kappa shape index (κ3) is 3.89. The Bertz CT molecular complexity index is 432. The van der Waals surface area contributed by atoms with Crippen LogP contribution < -0.4 is 10.1 Å².